The zero-order chi connectivity index (χ0) is 27.0. The van der Waals surface area contributed by atoms with Crippen molar-refractivity contribution in [3.63, 3.8) is 0 Å². The van der Waals surface area contributed by atoms with E-state index in [1.807, 2.05) is 0 Å². The number of aromatic hydroxyl groups is 1. The molecule has 1 aromatic rings. The van der Waals surface area contributed by atoms with Crippen LogP contribution in [-0.4, -0.2) is 91.8 Å². The van der Waals surface area contributed by atoms with Crippen molar-refractivity contribution in [1.82, 2.24) is 15.5 Å². The van der Waals surface area contributed by atoms with E-state index >= 15 is 0 Å². The van der Waals surface area contributed by atoms with E-state index in [2.05, 4.69) is 10.6 Å². The first-order valence-corrected chi connectivity index (χ1v) is 11.5. The lowest BCUT2D eigenvalue weighted by atomic mass is 10.0. The lowest BCUT2D eigenvalue weighted by molar-refractivity contribution is -0.144. The van der Waals surface area contributed by atoms with Gasteiger partial charge in [0, 0.05) is 19.4 Å². The van der Waals surface area contributed by atoms with Gasteiger partial charge in [-0.25, -0.2) is 4.79 Å². The minimum atomic E-state index is -1.39. The van der Waals surface area contributed by atoms with Gasteiger partial charge in [-0.05, 0) is 43.9 Å². The van der Waals surface area contributed by atoms with Gasteiger partial charge in [0.1, 0.15) is 29.9 Å². The molecule has 13 heteroatoms. The molecule has 0 spiro atoms. The summed E-state index contributed by atoms with van der Waals surface area (Å²) in [5.74, 6) is -4.82. The summed E-state index contributed by atoms with van der Waals surface area (Å²) in [5, 5.41) is 42.4. The van der Waals surface area contributed by atoms with Gasteiger partial charge in [-0.3, -0.25) is 19.2 Å². The molecule has 5 atom stereocenters. The molecule has 1 saturated heterocycles. The summed E-state index contributed by atoms with van der Waals surface area (Å²) in [4.78, 5) is 62.5. The van der Waals surface area contributed by atoms with Gasteiger partial charge in [0.2, 0.25) is 17.7 Å². The molecule has 5 unspecified atom stereocenters. The van der Waals surface area contributed by atoms with Crippen LogP contribution in [0.4, 0.5) is 0 Å². The monoisotopic (exact) mass is 508 g/mol. The van der Waals surface area contributed by atoms with Crippen molar-refractivity contribution in [2.24, 2.45) is 5.73 Å². The number of hydrogen-bond donors (Lipinski definition) is 7. The number of aliphatic hydroxyl groups is 1. The lowest BCUT2D eigenvalue weighted by Gasteiger charge is -2.29. The molecule has 1 fully saturated rings. The van der Waals surface area contributed by atoms with Crippen LogP contribution < -0.4 is 16.4 Å². The average Bonchev–Trinajstić information content (AvgIpc) is 3.31. The number of likely N-dealkylation sites (tertiary alicyclic amines) is 1. The van der Waals surface area contributed by atoms with Crippen LogP contribution in [0, 0.1) is 0 Å². The van der Waals surface area contributed by atoms with Crippen LogP contribution in [0.3, 0.4) is 0 Å². The first kappa shape index (κ1) is 28.5. The van der Waals surface area contributed by atoms with E-state index in [0.717, 1.165) is 0 Å². The number of carbonyl (C=O) groups is 5. The molecule has 0 radical (unpaired) electrons. The summed E-state index contributed by atoms with van der Waals surface area (Å²) >= 11 is 0. The number of carbonyl (C=O) groups excluding carboxylic acids is 3. The van der Waals surface area contributed by atoms with Crippen LogP contribution in [0.5, 0.6) is 5.75 Å². The second-order valence-corrected chi connectivity index (χ2v) is 8.72. The first-order chi connectivity index (χ1) is 16.9. The maximum atomic E-state index is 13.0. The topological polar surface area (TPSA) is 220 Å². The van der Waals surface area contributed by atoms with Gasteiger partial charge in [-0.15, -0.1) is 0 Å². The third-order valence-electron chi connectivity index (χ3n) is 5.91. The zero-order valence-electron chi connectivity index (χ0n) is 19.8. The number of aliphatic hydroxyl groups excluding tert-OH is 1. The molecule has 3 amide bonds. The maximum absolute atomic E-state index is 13.0. The Hall–Kier alpha value is -3.71. The van der Waals surface area contributed by atoms with Crippen LogP contribution in [-0.2, 0) is 30.4 Å². The van der Waals surface area contributed by atoms with E-state index in [0.29, 0.717) is 12.0 Å². The van der Waals surface area contributed by atoms with E-state index in [1.54, 1.807) is 0 Å². The van der Waals surface area contributed by atoms with E-state index in [9.17, 15) is 39.3 Å². The molecule has 1 aromatic carbocycles. The molecule has 1 heterocycles. The fourth-order valence-electron chi connectivity index (χ4n) is 3.85. The molecule has 198 valence electrons. The Morgan fingerprint density at radius 1 is 1.08 bits per heavy atom. The van der Waals surface area contributed by atoms with Crippen molar-refractivity contribution in [3.05, 3.63) is 29.8 Å². The van der Waals surface area contributed by atoms with Crippen molar-refractivity contribution >= 4 is 29.7 Å². The molecule has 1 aliphatic heterocycles. The normalized spacial score (nSPS) is 18.5. The second-order valence-electron chi connectivity index (χ2n) is 8.72. The van der Waals surface area contributed by atoms with Crippen LogP contribution in [0.1, 0.15) is 38.2 Å². The number of nitrogens with zero attached hydrogens (tertiary/aromatic N) is 1. The summed E-state index contributed by atoms with van der Waals surface area (Å²) in [5.41, 5.74) is 6.23. The number of nitrogens with one attached hydrogen (secondary N) is 2. The smallest absolute Gasteiger partial charge is 0.326 e. The highest BCUT2D eigenvalue weighted by atomic mass is 16.4. The number of nitrogens with two attached hydrogens (primary N) is 1. The fraction of sp³-hybridized carbons (Fsp3) is 0.522. The molecule has 0 aromatic heterocycles. The van der Waals surface area contributed by atoms with Gasteiger partial charge in [0.25, 0.3) is 0 Å². The van der Waals surface area contributed by atoms with Crippen molar-refractivity contribution in [1.29, 1.82) is 0 Å². The quantitative estimate of drug-likeness (QED) is 0.174. The van der Waals surface area contributed by atoms with Crippen molar-refractivity contribution < 1.29 is 44.4 Å². The zero-order valence-corrected chi connectivity index (χ0v) is 19.8. The molecule has 0 aliphatic carbocycles. The number of aliphatic carboxylic acids is 2. The Morgan fingerprint density at radius 2 is 1.72 bits per heavy atom. The van der Waals surface area contributed by atoms with E-state index < -0.39 is 66.4 Å². The Balaban J connectivity index is 2.14. The Labute approximate surface area is 207 Å². The van der Waals surface area contributed by atoms with Crippen molar-refractivity contribution in [2.45, 2.75) is 69.3 Å². The summed E-state index contributed by atoms with van der Waals surface area (Å²) in [6, 6.07) is 0.734. The Bertz CT molecular complexity index is 967. The van der Waals surface area contributed by atoms with Gasteiger partial charge in [0.15, 0.2) is 0 Å². The van der Waals surface area contributed by atoms with Crippen LogP contribution in [0.15, 0.2) is 24.3 Å². The summed E-state index contributed by atoms with van der Waals surface area (Å²) in [6.07, 6.45) is -1.30. The van der Waals surface area contributed by atoms with Crippen LogP contribution in [0.25, 0.3) is 0 Å². The summed E-state index contributed by atoms with van der Waals surface area (Å²) < 4.78 is 0. The number of carboxylic acid groups (broad SMARTS) is 2. The number of hydrogen-bond acceptors (Lipinski definition) is 8. The SMILES string of the molecule is CC(O)C(N)C(=O)N1CCCC1C(=O)NC(CCC(=O)O)C(=O)NC(Cc1ccc(O)cc1)C(=O)O. The number of benzene rings is 1. The summed E-state index contributed by atoms with van der Waals surface area (Å²) in [7, 11) is 0. The minimum Gasteiger partial charge on any atom is -0.508 e. The largest absolute Gasteiger partial charge is 0.508 e. The second kappa shape index (κ2) is 12.8. The molecule has 36 heavy (non-hydrogen) atoms. The third kappa shape index (κ3) is 7.92. The lowest BCUT2D eigenvalue weighted by Crippen LogP contribution is -2.57. The van der Waals surface area contributed by atoms with Gasteiger partial charge < -0.3 is 41.7 Å². The van der Waals surface area contributed by atoms with Crippen molar-refractivity contribution in [2.75, 3.05) is 6.54 Å². The third-order valence-corrected chi connectivity index (χ3v) is 5.91. The summed E-state index contributed by atoms with van der Waals surface area (Å²) in [6.45, 7) is 1.56. The van der Waals surface area contributed by atoms with Crippen LogP contribution in [0.2, 0.25) is 0 Å². The molecule has 0 bridgehead atoms. The van der Waals surface area contributed by atoms with E-state index in [4.69, 9.17) is 10.8 Å². The number of amides is 3. The van der Waals surface area contributed by atoms with Gasteiger partial charge >= 0.3 is 11.9 Å². The number of phenols is 1. The minimum absolute atomic E-state index is 0.0139. The molecular formula is C23H32N4O9. The maximum Gasteiger partial charge on any atom is 0.326 e. The average molecular weight is 509 g/mol. The molecule has 0 saturated carbocycles. The molecular weight excluding hydrogens is 476 g/mol. The van der Waals surface area contributed by atoms with Crippen LogP contribution >= 0.6 is 0 Å². The highest BCUT2D eigenvalue weighted by Gasteiger charge is 2.38. The van der Waals surface area contributed by atoms with Gasteiger partial charge in [-0.2, -0.15) is 0 Å². The molecule has 2 rings (SSSR count). The standard InChI is InChI=1S/C23H32N4O9/c1-12(28)19(24)22(34)27-10-2-3-17(27)21(33)25-15(8-9-18(30)31)20(32)26-16(23(35)36)11-13-4-6-14(29)7-5-13/h4-7,12,15-17,19,28-29H,2-3,8-11,24H2,1H3,(H,25,33)(H,26,32)(H,30,31)(H,35,36). The highest BCUT2D eigenvalue weighted by molar-refractivity contribution is 5.94. The first-order valence-electron chi connectivity index (χ1n) is 11.5. The molecule has 8 N–H and O–H groups in total. The number of rotatable bonds is 12. The number of phenolic OH excluding ortho intramolecular Hbond substituents is 1. The predicted octanol–water partition coefficient (Wildman–Crippen LogP) is -1.45. The van der Waals surface area contributed by atoms with E-state index in [-0.39, 0.29) is 31.6 Å². The van der Waals surface area contributed by atoms with Crippen molar-refractivity contribution in [3.8, 4) is 5.75 Å². The fourth-order valence-corrected chi connectivity index (χ4v) is 3.85. The van der Waals surface area contributed by atoms with E-state index in [1.165, 1.54) is 36.1 Å². The van der Waals surface area contributed by atoms with Gasteiger partial charge in [0.05, 0.1) is 6.10 Å². The molecule has 13 nitrogen and oxygen atoms in total. The number of carboxylic acids is 2. The Kier molecular flexibility index (Phi) is 10.2. The highest BCUT2D eigenvalue weighted by Crippen LogP contribution is 2.19. The predicted molar refractivity (Wildman–Crippen MR) is 125 cm³/mol. The molecule has 1 aliphatic rings. The Morgan fingerprint density at radius 3 is 2.28 bits per heavy atom. The van der Waals surface area contributed by atoms with Gasteiger partial charge in [-0.1, -0.05) is 12.1 Å².